The van der Waals surface area contributed by atoms with Gasteiger partial charge in [-0.15, -0.1) is 0 Å². The summed E-state index contributed by atoms with van der Waals surface area (Å²) >= 11 is 0. The zero-order valence-electron chi connectivity index (χ0n) is 7.31. The lowest BCUT2D eigenvalue weighted by molar-refractivity contribution is 0.595. The zero-order chi connectivity index (χ0) is 8.36. The molecule has 0 unspecified atom stereocenters. The second-order valence-electron chi connectivity index (χ2n) is 2.74. The molecular weight excluding hydrogens is 138 g/mol. The highest BCUT2D eigenvalue weighted by atomic mass is 14.8. The van der Waals surface area contributed by atoms with E-state index >= 15 is 0 Å². The molecule has 0 radical (unpaired) electrons. The van der Waals surface area contributed by atoms with Gasteiger partial charge in [0.1, 0.15) is 0 Å². The monoisotopic (exact) mass is 159 g/mol. The number of nitrogens with one attached hydrogen (secondary N) is 1. The fourth-order valence-corrected chi connectivity index (χ4v) is 0.923. The molecule has 0 aliphatic heterocycles. The van der Waals surface area contributed by atoms with Gasteiger partial charge in [0.15, 0.2) is 0 Å². The maximum Gasteiger partial charge on any atom is -0.00369 e. The minimum atomic E-state index is 0.788. The van der Waals surface area contributed by atoms with Crippen LogP contribution in [0.15, 0.2) is 0 Å². The first-order valence-electron chi connectivity index (χ1n) is 4.52. The number of unbranched alkanes of at least 4 members (excludes halogenated alkanes) is 2. The van der Waals surface area contributed by atoms with E-state index in [2.05, 4.69) is 5.32 Å². The highest BCUT2D eigenvalue weighted by Crippen LogP contribution is 1.90. The average Bonchev–Trinajstić information content (AvgIpc) is 2.03. The lowest BCUT2D eigenvalue weighted by Crippen LogP contribution is -2.19. The van der Waals surface area contributed by atoms with Crippen molar-refractivity contribution in [2.75, 3.05) is 26.2 Å². The number of nitrogens with two attached hydrogens (primary N) is 2. The number of hydrogen-bond acceptors (Lipinski definition) is 3. The van der Waals surface area contributed by atoms with Crippen LogP contribution in [0.1, 0.15) is 25.7 Å². The molecule has 0 saturated carbocycles. The molecule has 0 aromatic rings. The summed E-state index contributed by atoms with van der Waals surface area (Å²) in [6.45, 7) is 3.78. The molecule has 0 aromatic carbocycles. The van der Waals surface area contributed by atoms with Crippen LogP contribution in [-0.2, 0) is 0 Å². The van der Waals surface area contributed by atoms with E-state index in [-0.39, 0.29) is 0 Å². The lowest BCUT2D eigenvalue weighted by atomic mass is 10.2. The van der Waals surface area contributed by atoms with Crippen LogP contribution in [0, 0.1) is 0 Å². The average molecular weight is 159 g/mol. The summed E-state index contributed by atoms with van der Waals surface area (Å²) in [6, 6.07) is 0. The van der Waals surface area contributed by atoms with Crippen molar-refractivity contribution in [1.82, 2.24) is 5.32 Å². The predicted octanol–water partition coefficient (Wildman–Crippen LogP) is 0.0538. The molecule has 3 nitrogen and oxygen atoms in total. The molecule has 68 valence electrons. The third-order valence-corrected chi connectivity index (χ3v) is 1.62. The predicted molar refractivity (Wildman–Crippen MR) is 49.4 cm³/mol. The highest BCUT2D eigenvalue weighted by Gasteiger charge is 1.87. The first-order chi connectivity index (χ1) is 5.41. The molecule has 5 N–H and O–H groups in total. The van der Waals surface area contributed by atoms with Crippen molar-refractivity contribution in [2.24, 2.45) is 11.5 Å². The summed E-state index contributed by atoms with van der Waals surface area (Å²) in [7, 11) is 0. The van der Waals surface area contributed by atoms with Crippen molar-refractivity contribution in [1.29, 1.82) is 0 Å². The van der Waals surface area contributed by atoms with Gasteiger partial charge in [0.05, 0.1) is 0 Å². The van der Waals surface area contributed by atoms with Crippen molar-refractivity contribution < 1.29 is 0 Å². The molecule has 0 amide bonds. The summed E-state index contributed by atoms with van der Waals surface area (Å²) in [5.41, 5.74) is 10.7. The van der Waals surface area contributed by atoms with E-state index in [1.807, 2.05) is 0 Å². The van der Waals surface area contributed by atoms with Gasteiger partial charge in [-0.3, -0.25) is 0 Å². The fourth-order valence-electron chi connectivity index (χ4n) is 0.923. The summed E-state index contributed by atoms with van der Waals surface area (Å²) in [4.78, 5) is 0. The van der Waals surface area contributed by atoms with Crippen LogP contribution in [0.5, 0.6) is 0 Å². The van der Waals surface area contributed by atoms with E-state index < -0.39 is 0 Å². The Bertz CT molecular complexity index is 58.4. The molecule has 0 rings (SSSR count). The largest absolute Gasteiger partial charge is 0.330 e. The van der Waals surface area contributed by atoms with Gasteiger partial charge in [0.2, 0.25) is 0 Å². The summed E-state index contributed by atoms with van der Waals surface area (Å²) in [5.74, 6) is 0. The first-order valence-corrected chi connectivity index (χ1v) is 4.52. The van der Waals surface area contributed by atoms with E-state index in [0.29, 0.717) is 0 Å². The minimum Gasteiger partial charge on any atom is -0.330 e. The fraction of sp³-hybridized carbons (Fsp3) is 1.00. The van der Waals surface area contributed by atoms with Gasteiger partial charge in [0.25, 0.3) is 0 Å². The Hall–Kier alpha value is -0.120. The Kier molecular flexibility index (Phi) is 9.77. The molecule has 0 heterocycles. The van der Waals surface area contributed by atoms with Crippen molar-refractivity contribution in [3.63, 3.8) is 0 Å². The van der Waals surface area contributed by atoms with E-state index in [1.165, 1.54) is 12.8 Å². The number of hydrogen-bond donors (Lipinski definition) is 3. The van der Waals surface area contributed by atoms with Crippen LogP contribution in [0.4, 0.5) is 0 Å². The Morgan fingerprint density at radius 3 is 2.00 bits per heavy atom. The maximum atomic E-state index is 5.35. The third-order valence-electron chi connectivity index (χ3n) is 1.62. The molecule has 0 aromatic heterocycles. The Morgan fingerprint density at radius 1 is 0.727 bits per heavy atom. The van der Waals surface area contributed by atoms with Gasteiger partial charge >= 0.3 is 0 Å². The molecule has 0 spiro atoms. The second-order valence-corrected chi connectivity index (χ2v) is 2.74. The SMILES string of the molecule is NCCCCCNCCCN. The van der Waals surface area contributed by atoms with E-state index in [1.54, 1.807) is 0 Å². The van der Waals surface area contributed by atoms with Crippen LogP contribution in [0.2, 0.25) is 0 Å². The van der Waals surface area contributed by atoms with Gasteiger partial charge in [-0.25, -0.2) is 0 Å². The maximum absolute atomic E-state index is 5.35. The summed E-state index contributed by atoms with van der Waals surface area (Å²) in [5, 5.41) is 3.32. The van der Waals surface area contributed by atoms with Crippen molar-refractivity contribution in [3.8, 4) is 0 Å². The highest BCUT2D eigenvalue weighted by molar-refractivity contribution is 4.49. The summed E-state index contributed by atoms with van der Waals surface area (Å²) < 4.78 is 0. The van der Waals surface area contributed by atoms with Crippen LogP contribution in [0.25, 0.3) is 0 Å². The Labute approximate surface area is 69.5 Å². The molecule has 0 fully saturated rings. The quantitative estimate of drug-likeness (QED) is 0.439. The van der Waals surface area contributed by atoms with Crippen molar-refractivity contribution >= 4 is 0 Å². The standard InChI is InChI=1S/C8H21N3/c9-5-2-1-3-7-11-8-4-6-10/h11H,1-10H2. The molecule has 0 saturated heterocycles. The molecule has 11 heavy (non-hydrogen) atoms. The molecule has 0 atom stereocenters. The lowest BCUT2D eigenvalue weighted by Gasteiger charge is -2.02. The smallest absolute Gasteiger partial charge is 0.00369 e. The van der Waals surface area contributed by atoms with Gasteiger partial charge in [-0.05, 0) is 45.4 Å². The molecule has 0 aliphatic carbocycles. The van der Waals surface area contributed by atoms with Crippen molar-refractivity contribution in [2.45, 2.75) is 25.7 Å². The Balaban J connectivity index is 2.69. The van der Waals surface area contributed by atoms with Crippen molar-refractivity contribution in [3.05, 3.63) is 0 Å². The van der Waals surface area contributed by atoms with Gasteiger partial charge in [-0.1, -0.05) is 6.42 Å². The van der Waals surface area contributed by atoms with Crippen LogP contribution < -0.4 is 16.8 Å². The second kappa shape index (κ2) is 9.88. The first kappa shape index (κ1) is 10.9. The summed E-state index contributed by atoms with van der Waals surface area (Å²) in [6.07, 6.45) is 4.71. The van der Waals surface area contributed by atoms with Gasteiger partial charge in [0, 0.05) is 0 Å². The van der Waals surface area contributed by atoms with Crippen LogP contribution in [-0.4, -0.2) is 26.2 Å². The van der Waals surface area contributed by atoms with Gasteiger partial charge < -0.3 is 16.8 Å². The molecular formula is C8H21N3. The minimum absolute atomic E-state index is 0.788. The molecule has 0 aliphatic rings. The molecule has 3 heteroatoms. The van der Waals surface area contributed by atoms with E-state index in [9.17, 15) is 0 Å². The normalized spacial score (nSPS) is 10.4. The number of rotatable bonds is 8. The molecule has 0 bridgehead atoms. The van der Waals surface area contributed by atoms with Crippen LogP contribution >= 0.6 is 0 Å². The third kappa shape index (κ3) is 9.88. The zero-order valence-corrected chi connectivity index (χ0v) is 7.31. The van der Waals surface area contributed by atoms with Gasteiger partial charge in [-0.2, -0.15) is 0 Å². The van der Waals surface area contributed by atoms with Crippen LogP contribution in [0.3, 0.4) is 0 Å². The van der Waals surface area contributed by atoms with E-state index in [4.69, 9.17) is 11.5 Å². The topological polar surface area (TPSA) is 64.1 Å². The van der Waals surface area contributed by atoms with E-state index in [0.717, 1.165) is 39.0 Å². The Morgan fingerprint density at radius 2 is 1.36 bits per heavy atom.